The third kappa shape index (κ3) is 3.19. The number of carbonyl (C=O) groups is 2. The van der Waals surface area contributed by atoms with Crippen LogP contribution in [0.3, 0.4) is 0 Å². The lowest BCUT2D eigenvalue weighted by Crippen LogP contribution is -2.52. The first-order valence-corrected chi connectivity index (χ1v) is 7.81. The number of aryl methyl sites for hydroxylation is 1. The van der Waals surface area contributed by atoms with E-state index in [0.717, 1.165) is 17.7 Å². The monoisotopic (exact) mass is 325 g/mol. The van der Waals surface area contributed by atoms with E-state index in [1.165, 1.54) is 12.4 Å². The van der Waals surface area contributed by atoms with Crippen LogP contribution in [-0.4, -0.2) is 34.4 Å². The molecule has 1 atom stereocenters. The lowest BCUT2D eigenvalue weighted by molar-refractivity contribution is -0.121. The van der Waals surface area contributed by atoms with Crippen LogP contribution in [0, 0.1) is 6.92 Å². The number of nitrogens with one attached hydrogen (secondary N) is 1. The summed E-state index contributed by atoms with van der Waals surface area (Å²) in [7, 11) is 0. The third-order valence-corrected chi connectivity index (χ3v) is 4.03. The second-order valence-corrected chi connectivity index (χ2v) is 5.78. The van der Waals surface area contributed by atoms with Gasteiger partial charge in [-0.3, -0.25) is 9.59 Å². The number of hydrogen-bond donors (Lipinski definition) is 2. The minimum atomic E-state index is -0.589. The van der Waals surface area contributed by atoms with Gasteiger partial charge in [-0.15, -0.1) is 0 Å². The summed E-state index contributed by atoms with van der Waals surface area (Å²) in [5, 5.41) is 2.72. The molecule has 7 heteroatoms. The van der Waals surface area contributed by atoms with Crippen molar-refractivity contribution in [3.05, 3.63) is 47.9 Å². The summed E-state index contributed by atoms with van der Waals surface area (Å²) >= 11 is 0. The Balaban J connectivity index is 1.74. The average molecular weight is 325 g/mol. The van der Waals surface area contributed by atoms with Crippen molar-refractivity contribution in [1.29, 1.82) is 0 Å². The fraction of sp³-hybridized carbons (Fsp3) is 0.294. The van der Waals surface area contributed by atoms with Crippen molar-refractivity contribution in [2.24, 2.45) is 0 Å². The maximum absolute atomic E-state index is 12.7. The zero-order valence-corrected chi connectivity index (χ0v) is 13.4. The normalized spacial score (nSPS) is 17.6. The number of nitrogens with two attached hydrogens (primary N) is 1. The molecule has 0 aliphatic carbocycles. The van der Waals surface area contributed by atoms with Crippen molar-refractivity contribution in [2.45, 2.75) is 25.8 Å². The van der Waals surface area contributed by atoms with Gasteiger partial charge < -0.3 is 16.0 Å². The number of carbonyl (C=O) groups excluding carboxylic acids is 2. The Hall–Kier alpha value is -2.96. The number of aromatic nitrogens is 2. The van der Waals surface area contributed by atoms with Crippen molar-refractivity contribution in [1.82, 2.24) is 15.3 Å². The Bertz CT molecular complexity index is 760. The molecule has 24 heavy (non-hydrogen) atoms. The van der Waals surface area contributed by atoms with Crippen LogP contribution in [0.4, 0.5) is 11.5 Å². The summed E-state index contributed by atoms with van der Waals surface area (Å²) in [4.78, 5) is 34.5. The molecule has 3 N–H and O–H groups in total. The Morgan fingerprint density at radius 2 is 1.96 bits per heavy atom. The van der Waals surface area contributed by atoms with Gasteiger partial charge in [-0.1, -0.05) is 17.7 Å². The molecule has 1 unspecified atom stereocenters. The molecule has 1 aliphatic heterocycles. The van der Waals surface area contributed by atoms with Crippen LogP contribution >= 0.6 is 0 Å². The molecule has 1 aliphatic rings. The molecule has 1 saturated heterocycles. The standard InChI is InChI=1S/C17H19N5O2/c1-11-4-6-12(7-5-11)22-10-2-3-13(17(22)24)21-16(23)14-15(18)20-9-8-19-14/h4-9,13H,2-3,10H2,1H3,(H2,18,20)(H,21,23). The third-order valence-electron chi connectivity index (χ3n) is 4.03. The SMILES string of the molecule is Cc1ccc(N2CCCC(NC(=O)c3nccnc3N)C2=O)cc1. The van der Waals surface area contributed by atoms with Gasteiger partial charge in [0, 0.05) is 24.6 Å². The molecule has 3 rings (SSSR count). The number of piperidine rings is 1. The first-order chi connectivity index (χ1) is 11.6. The van der Waals surface area contributed by atoms with Gasteiger partial charge in [-0.2, -0.15) is 0 Å². The van der Waals surface area contributed by atoms with E-state index in [9.17, 15) is 9.59 Å². The van der Waals surface area contributed by atoms with Crippen LogP contribution in [0.5, 0.6) is 0 Å². The Morgan fingerprint density at radius 1 is 1.25 bits per heavy atom. The van der Waals surface area contributed by atoms with Crippen LogP contribution in [0.2, 0.25) is 0 Å². The summed E-state index contributed by atoms with van der Waals surface area (Å²) < 4.78 is 0. The van der Waals surface area contributed by atoms with E-state index in [2.05, 4.69) is 15.3 Å². The minimum Gasteiger partial charge on any atom is -0.382 e. The number of anilines is 2. The summed E-state index contributed by atoms with van der Waals surface area (Å²) in [6, 6.07) is 7.17. The van der Waals surface area contributed by atoms with Crippen molar-refractivity contribution < 1.29 is 9.59 Å². The molecule has 1 aromatic carbocycles. The van der Waals surface area contributed by atoms with E-state index in [4.69, 9.17) is 5.73 Å². The van der Waals surface area contributed by atoms with Gasteiger partial charge >= 0.3 is 0 Å². The zero-order chi connectivity index (χ0) is 17.1. The summed E-state index contributed by atoms with van der Waals surface area (Å²) in [6.45, 7) is 2.64. The molecule has 2 heterocycles. The van der Waals surface area contributed by atoms with Crippen LogP contribution in [0.1, 0.15) is 28.9 Å². The first kappa shape index (κ1) is 15.9. The number of rotatable bonds is 3. The number of benzene rings is 1. The highest BCUT2D eigenvalue weighted by molar-refractivity contribution is 6.03. The molecule has 2 amide bonds. The topological polar surface area (TPSA) is 101 Å². The number of nitrogen functional groups attached to an aromatic ring is 1. The maximum atomic E-state index is 12.7. The highest BCUT2D eigenvalue weighted by Gasteiger charge is 2.31. The molecular weight excluding hydrogens is 306 g/mol. The highest BCUT2D eigenvalue weighted by atomic mass is 16.2. The highest BCUT2D eigenvalue weighted by Crippen LogP contribution is 2.22. The number of amides is 2. The van der Waals surface area contributed by atoms with Crippen LogP contribution in [0.25, 0.3) is 0 Å². The molecule has 1 fully saturated rings. The van der Waals surface area contributed by atoms with E-state index in [0.29, 0.717) is 13.0 Å². The minimum absolute atomic E-state index is 0.0396. The molecule has 1 aromatic heterocycles. The van der Waals surface area contributed by atoms with Gasteiger partial charge in [0.1, 0.15) is 6.04 Å². The fourth-order valence-corrected chi connectivity index (χ4v) is 2.74. The van der Waals surface area contributed by atoms with Crippen molar-refractivity contribution in [2.75, 3.05) is 17.2 Å². The van der Waals surface area contributed by atoms with Gasteiger partial charge in [-0.25, -0.2) is 9.97 Å². The van der Waals surface area contributed by atoms with Gasteiger partial charge in [0.15, 0.2) is 11.5 Å². The Labute approximate surface area is 139 Å². The molecule has 7 nitrogen and oxygen atoms in total. The predicted octanol–water partition coefficient (Wildman–Crippen LogP) is 1.29. The smallest absolute Gasteiger partial charge is 0.274 e. The molecule has 0 bridgehead atoms. The summed E-state index contributed by atoms with van der Waals surface area (Å²) in [6.07, 6.45) is 4.21. The van der Waals surface area contributed by atoms with Gasteiger partial charge in [-0.05, 0) is 31.9 Å². The molecule has 0 radical (unpaired) electrons. The predicted molar refractivity (Wildman–Crippen MR) is 90.5 cm³/mol. The van der Waals surface area contributed by atoms with Crippen molar-refractivity contribution >= 4 is 23.3 Å². The van der Waals surface area contributed by atoms with Crippen LogP contribution < -0.4 is 16.0 Å². The molecular formula is C17H19N5O2. The summed E-state index contributed by atoms with van der Waals surface area (Å²) in [5.41, 5.74) is 7.67. The second kappa shape index (κ2) is 6.66. The van der Waals surface area contributed by atoms with E-state index in [1.807, 2.05) is 31.2 Å². The molecule has 124 valence electrons. The van der Waals surface area contributed by atoms with Gasteiger partial charge in [0.25, 0.3) is 5.91 Å². The lowest BCUT2D eigenvalue weighted by Gasteiger charge is -2.32. The van der Waals surface area contributed by atoms with Crippen molar-refractivity contribution in [3.8, 4) is 0 Å². The molecule has 0 spiro atoms. The van der Waals surface area contributed by atoms with Crippen molar-refractivity contribution in [3.63, 3.8) is 0 Å². The van der Waals surface area contributed by atoms with Crippen LogP contribution in [-0.2, 0) is 4.79 Å². The number of nitrogens with zero attached hydrogens (tertiary/aromatic N) is 3. The average Bonchev–Trinajstić information content (AvgIpc) is 2.58. The number of hydrogen-bond acceptors (Lipinski definition) is 5. The second-order valence-electron chi connectivity index (χ2n) is 5.78. The maximum Gasteiger partial charge on any atom is 0.274 e. The molecule has 0 saturated carbocycles. The van der Waals surface area contributed by atoms with E-state index >= 15 is 0 Å². The Kier molecular flexibility index (Phi) is 4.41. The fourth-order valence-electron chi connectivity index (χ4n) is 2.74. The van der Waals surface area contributed by atoms with Gasteiger partial charge in [0.05, 0.1) is 0 Å². The van der Waals surface area contributed by atoms with E-state index < -0.39 is 11.9 Å². The van der Waals surface area contributed by atoms with Crippen LogP contribution in [0.15, 0.2) is 36.7 Å². The molecule has 2 aromatic rings. The zero-order valence-electron chi connectivity index (χ0n) is 13.4. The summed E-state index contributed by atoms with van der Waals surface area (Å²) in [5.74, 6) is -0.556. The quantitative estimate of drug-likeness (QED) is 0.885. The van der Waals surface area contributed by atoms with E-state index in [1.54, 1.807) is 4.90 Å². The van der Waals surface area contributed by atoms with Gasteiger partial charge in [0.2, 0.25) is 5.91 Å². The lowest BCUT2D eigenvalue weighted by atomic mass is 10.0. The van der Waals surface area contributed by atoms with E-state index in [-0.39, 0.29) is 17.4 Å². The first-order valence-electron chi connectivity index (χ1n) is 7.81. The largest absolute Gasteiger partial charge is 0.382 e. The Morgan fingerprint density at radius 3 is 2.67 bits per heavy atom.